The summed E-state index contributed by atoms with van der Waals surface area (Å²) in [4.78, 5) is 0. The lowest BCUT2D eigenvalue weighted by Crippen LogP contribution is -2.17. The Morgan fingerprint density at radius 3 is 2.60 bits per heavy atom. The highest BCUT2D eigenvalue weighted by Gasteiger charge is 2.12. The van der Waals surface area contributed by atoms with Gasteiger partial charge in [-0.15, -0.1) is 0 Å². The molecule has 0 heterocycles. The van der Waals surface area contributed by atoms with Crippen LogP contribution in [0.5, 0.6) is 0 Å². The maximum Gasteiger partial charge on any atom is 0.129 e. The van der Waals surface area contributed by atoms with Crippen molar-refractivity contribution >= 4 is 0 Å². The van der Waals surface area contributed by atoms with Crippen LogP contribution in [0.2, 0.25) is 0 Å². The second-order valence-electron chi connectivity index (χ2n) is 3.51. The van der Waals surface area contributed by atoms with E-state index in [1.54, 1.807) is 20.0 Å². The highest BCUT2D eigenvalue weighted by Crippen LogP contribution is 2.21. The summed E-state index contributed by atoms with van der Waals surface area (Å²) in [6, 6.07) is 2.80. The van der Waals surface area contributed by atoms with Gasteiger partial charge in [-0.25, -0.2) is 8.78 Å². The second kappa shape index (κ2) is 5.19. The third-order valence-electron chi connectivity index (χ3n) is 2.36. The van der Waals surface area contributed by atoms with Crippen LogP contribution >= 0.6 is 0 Å². The summed E-state index contributed by atoms with van der Waals surface area (Å²) in [6.07, 6.45) is -0.767. The van der Waals surface area contributed by atoms with Crippen LogP contribution in [0.3, 0.4) is 0 Å². The standard InChI is InChI=1S/C11H15F2NO/c1-7-3-8(11(15)6-14-2)4-10(13)9(7)5-12/h3-4,11,14-15H,5-6H2,1-2H3. The first-order valence-electron chi connectivity index (χ1n) is 4.77. The summed E-state index contributed by atoms with van der Waals surface area (Å²) >= 11 is 0. The molecule has 1 atom stereocenters. The van der Waals surface area contributed by atoms with Crippen molar-refractivity contribution in [3.05, 3.63) is 34.6 Å². The van der Waals surface area contributed by atoms with Crippen molar-refractivity contribution in [1.82, 2.24) is 5.32 Å². The van der Waals surface area contributed by atoms with E-state index in [9.17, 15) is 13.9 Å². The summed E-state index contributed by atoms with van der Waals surface area (Å²) in [5.41, 5.74) is 1.06. The van der Waals surface area contributed by atoms with E-state index in [2.05, 4.69) is 5.32 Å². The Hall–Kier alpha value is -1.00. The topological polar surface area (TPSA) is 32.3 Å². The Bertz CT molecular complexity index is 318. The third kappa shape index (κ3) is 2.73. The van der Waals surface area contributed by atoms with E-state index < -0.39 is 18.6 Å². The van der Waals surface area contributed by atoms with Gasteiger partial charge in [-0.05, 0) is 31.2 Å². The van der Waals surface area contributed by atoms with Gasteiger partial charge in [-0.1, -0.05) is 6.07 Å². The first-order chi connectivity index (χ1) is 7.10. The molecule has 15 heavy (non-hydrogen) atoms. The van der Waals surface area contributed by atoms with Crippen LogP contribution < -0.4 is 5.32 Å². The molecule has 1 aromatic carbocycles. The number of alkyl halides is 1. The quantitative estimate of drug-likeness (QED) is 0.803. The SMILES string of the molecule is CNCC(O)c1cc(C)c(CF)c(F)c1. The van der Waals surface area contributed by atoms with Crippen LogP contribution in [0, 0.1) is 12.7 Å². The van der Waals surface area contributed by atoms with Crippen LogP contribution in [0.25, 0.3) is 0 Å². The molecular weight excluding hydrogens is 200 g/mol. The molecule has 1 aromatic rings. The maximum atomic E-state index is 13.3. The Morgan fingerprint density at radius 1 is 1.47 bits per heavy atom. The fourth-order valence-corrected chi connectivity index (χ4v) is 1.47. The van der Waals surface area contributed by atoms with Crippen molar-refractivity contribution in [2.75, 3.05) is 13.6 Å². The van der Waals surface area contributed by atoms with E-state index >= 15 is 0 Å². The van der Waals surface area contributed by atoms with Crippen LogP contribution in [0.1, 0.15) is 22.8 Å². The van der Waals surface area contributed by atoms with Crippen molar-refractivity contribution in [1.29, 1.82) is 0 Å². The number of rotatable bonds is 4. The molecule has 1 unspecified atom stereocenters. The van der Waals surface area contributed by atoms with E-state index in [0.29, 0.717) is 17.7 Å². The van der Waals surface area contributed by atoms with E-state index in [1.807, 2.05) is 0 Å². The lowest BCUT2D eigenvalue weighted by atomic mass is 10.0. The smallest absolute Gasteiger partial charge is 0.129 e. The number of aryl methyl sites for hydroxylation is 1. The number of aliphatic hydroxyl groups excluding tert-OH is 1. The van der Waals surface area contributed by atoms with Gasteiger partial charge in [0.25, 0.3) is 0 Å². The minimum atomic E-state index is -0.819. The first-order valence-corrected chi connectivity index (χ1v) is 4.77. The van der Waals surface area contributed by atoms with Gasteiger partial charge >= 0.3 is 0 Å². The highest BCUT2D eigenvalue weighted by atomic mass is 19.1. The molecular formula is C11H15F2NO. The third-order valence-corrected chi connectivity index (χ3v) is 2.36. The molecule has 0 spiro atoms. The molecule has 0 radical (unpaired) electrons. The molecule has 0 aliphatic carbocycles. The maximum absolute atomic E-state index is 13.3. The lowest BCUT2D eigenvalue weighted by molar-refractivity contribution is 0.177. The molecule has 0 bridgehead atoms. The monoisotopic (exact) mass is 215 g/mol. The lowest BCUT2D eigenvalue weighted by Gasteiger charge is -2.13. The predicted molar refractivity (Wildman–Crippen MR) is 54.8 cm³/mol. The molecule has 0 aliphatic rings. The summed E-state index contributed by atoms with van der Waals surface area (Å²) < 4.78 is 25.8. The zero-order valence-electron chi connectivity index (χ0n) is 8.85. The van der Waals surface area contributed by atoms with Gasteiger partial charge in [0, 0.05) is 12.1 Å². The van der Waals surface area contributed by atoms with Gasteiger partial charge in [0.15, 0.2) is 0 Å². The Morgan fingerprint density at radius 2 is 2.13 bits per heavy atom. The Kier molecular flexibility index (Phi) is 4.17. The zero-order valence-corrected chi connectivity index (χ0v) is 8.85. The van der Waals surface area contributed by atoms with Gasteiger partial charge in [0.1, 0.15) is 12.5 Å². The van der Waals surface area contributed by atoms with E-state index in [1.165, 1.54) is 6.07 Å². The average Bonchev–Trinajstić information content (AvgIpc) is 2.17. The fourth-order valence-electron chi connectivity index (χ4n) is 1.47. The van der Waals surface area contributed by atoms with E-state index in [-0.39, 0.29) is 5.56 Å². The Labute approximate surface area is 87.9 Å². The van der Waals surface area contributed by atoms with Crippen molar-refractivity contribution in [2.45, 2.75) is 19.7 Å². The molecule has 2 nitrogen and oxygen atoms in total. The van der Waals surface area contributed by atoms with Crippen LogP contribution in [0.15, 0.2) is 12.1 Å². The summed E-state index contributed by atoms with van der Waals surface area (Å²) in [5, 5.41) is 12.4. The summed E-state index contributed by atoms with van der Waals surface area (Å²) in [7, 11) is 1.70. The minimum Gasteiger partial charge on any atom is -0.387 e. The number of halogens is 2. The number of likely N-dealkylation sites (N-methyl/N-ethyl adjacent to an activating group) is 1. The molecule has 0 saturated carbocycles. The molecule has 0 saturated heterocycles. The number of hydrogen-bond acceptors (Lipinski definition) is 2. The molecule has 4 heteroatoms. The number of benzene rings is 1. The van der Waals surface area contributed by atoms with Crippen LogP contribution in [-0.4, -0.2) is 18.7 Å². The largest absolute Gasteiger partial charge is 0.387 e. The molecule has 84 valence electrons. The van der Waals surface area contributed by atoms with E-state index in [0.717, 1.165) is 0 Å². The summed E-state index contributed by atoms with van der Waals surface area (Å²) in [6.45, 7) is 1.15. The van der Waals surface area contributed by atoms with Gasteiger partial charge in [-0.3, -0.25) is 0 Å². The van der Waals surface area contributed by atoms with Gasteiger partial charge in [0.2, 0.25) is 0 Å². The molecule has 0 aliphatic heterocycles. The zero-order chi connectivity index (χ0) is 11.4. The molecule has 2 N–H and O–H groups in total. The van der Waals surface area contributed by atoms with Crippen molar-refractivity contribution < 1.29 is 13.9 Å². The van der Waals surface area contributed by atoms with Crippen molar-refractivity contribution in [3.8, 4) is 0 Å². The molecule has 0 aromatic heterocycles. The van der Waals surface area contributed by atoms with Crippen molar-refractivity contribution in [3.63, 3.8) is 0 Å². The normalized spacial score (nSPS) is 12.9. The number of hydrogen-bond donors (Lipinski definition) is 2. The average molecular weight is 215 g/mol. The van der Waals surface area contributed by atoms with E-state index in [4.69, 9.17) is 0 Å². The number of aliphatic hydroxyl groups is 1. The fraction of sp³-hybridized carbons (Fsp3) is 0.455. The minimum absolute atomic E-state index is 0.0652. The second-order valence-corrected chi connectivity index (χ2v) is 3.51. The van der Waals surface area contributed by atoms with Crippen LogP contribution in [-0.2, 0) is 6.67 Å². The number of nitrogens with one attached hydrogen (secondary N) is 1. The first kappa shape index (κ1) is 12.1. The van der Waals surface area contributed by atoms with Crippen LogP contribution in [0.4, 0.5) is 8.78 Å². The molecule has 1 rings (SSSR count). The van der Waals surface area contributed by atoms with Gasteiger partial charge in [-0.2, -0.15) is 0 Å². The predicted octanol–water partition coefficient (Wildman–Crippen LogP) is 1.86. The van der Waals surface area contributed by atoms with Gasteiger partial charge < -0.3 is 10.4 Å². The molecule has 0 fully saturated rings. The van der Waals surface area contributed by atoms with Gasteiger partial charge in [0.05, 0.1) is 6.10 Å². The van der Waals surface area contributed by atoms with Crippen molar-refractivity contribution in [2.24, 2.45) is 0 Å². The highest BCUT2D eigenvalue weighted by molar-refractivity contribution is 5.33. The molecule has 0 amide bonds. The summed E-state index contributed by atoms with van der Waals surface area (Å²) in [5.74, 6) is -0.595. The Balaban J connectivity index is 3.02.